The molecule has 3 N–H and O–H groups in total. The Kier molecular flexibility index (Phi) is 4.83. The van der Waals surface area contributed by atoms with Gasteiger partial charge in [0, 0.05) is 25.2 Å². The number of rotatable bonds is 6. The second-order valence-corrected chi connectivity index (χ2v) is 3.52. The average molecular weight is 212 g/mol. The van der Waals surface area contributed by atoms with Crippen LogP contribution in [0.1, 0.15) is 19.8 Å². The van der Waals surface area contributed by atoms with Gasteiger partial charge in [-0.2, -0.15) is 0 Å². The second kappa shape index (κ2) is 6.19. The monoisotopic (exact) mass is 212 g/mol. The normalized spacial score (nSPS) is 10.5. The Morgan fingerprint density at radius 1 is 1.40 bits per heavy atom. The maximum absolute atomic E-state index is 11.3. The molecule has 0 atom stereocenters. The lowest BCUT2D eigenvalue weighted by Gasteiger charge is -2.03. The first kappa shape index (κ1) is 11.7. The van der Waals surface area contributed by atoms with Gasteiger partial charge in [0.2, 0.25) is 0 Å². The van der Waals surface area contributed by atoms with Crippen LogP contribution in [0.25, 0.3) is 0 Å². The molecule has 84 valence electrons. The van der Waals surface area contributed by atoms with Crippen molar-refractivity contribution in [2.75, 3.05) is 13.1 Å². The molecule has 0 fully saturated rings. The number of hydrogen-bond acceptors (Lipinski definition) is 2. The van der Waals surface area contributed by atoms with Crippen molar-refractivity contribution in [1.29, 1.82) is 0 Å². The first-order valence-corrected chi connectivity index (χ1v) is 5.35. The third-order valence-corrected chi connectivity index (χ3v) is 2.20. The molecule has 0 amide bonds. The van der Waals surface area contributed by atoms with E-state index in [1.165, 1.54) is 17.1 Å². The standard InChI is InChI=1S/C10H17N3O2/c1-2-5-11-6-3-7-13-8-4-9(14)12-10(13)15/h4,8,11H,2-3,5-7H2,1H3,(H,12,14,15)/p+1. The van der Waals surface area contributed by atoms with Gasteiger partial charge < -0.3 is 9.88 Å². The Bertz CT molecular complexity index is 394. The summed E-state index contributed by atoms with van der Waals surface area (Å²) in [6.45, 7) is 4.94. The highest BCUT2D eigenvalue weighted by atomic mass is 16.2. The molecular formula is C10H18N3O2+. The summed E-state index contributed by atoms with van der Waals surface area (Å²) in [7, 11) is 0. The highest BCUT2D eigenvalue weighted by molar-refractivity contribution is 4.82. The smallest absolute Gasteiger partial charge is 0.328 e. The summed E-state index contributed by atoms with van der Waals surface area (Å²) in [4.78, 5) is 24.3. The molecule has 5 nitrogen and oxygen atoms in total. The Morgan fingerprint density at radius 2 is 2.20 bits per heavy atom. The minimum Gasteiger partial charge on any atom is -0.346 e. The molecule has 0 unspecified atom stereocenters. The number of H-pyrrole nitrogens is 1. The van der Waals surface area contributed by atoms with E-state index in [1.807, 2.05) is 0 Å². The van der Waals surface area contributed by atoms with Gasteiger partial charge in [-0.1, -0.05) is 6.92 Å². The fourth-order valence-corrected chi connectivity index (χ4v) is 1.37. The fourth-order valence-electron chi connectivity index (χ4n) is 1.37. The molecule has 1 aromatic heterocycles. The summed E-state index contributed by atoms with van der Waals surface area (Å²) < 4.78 is 1.53. The number of nitrogens with two attached hydrogens (primary N) is 1. The van der Waals surface area contributed by atoms with Crippen LogP contribution in [0.15, 0.2) is 21.9 Å². The molecule has 15 heavy (non-hydrogen) atoms. The molecule has 0 saturated carbocycles. The number of aryl methyl sites for hydroxylation is 1. The van der Waals surface area contributed by atoms with E-state index >= 15 is 0 Å². The van der Waals surface area contributed by atoms with E-state index in [0.717, 1.165) is 19.5 Å². The van der Waals surface area contributed by atoms with Crippen LogP contribution < -0.4 is 16.6 Å². The van der Waals surface area contributed by atoms with Crippen molar-refractivity contribution in [1.82, 2.24) is 9.55 Å². The maximum Gasteiger partial charge on any atom is 0.328 e. The zero-order valence-electron chi connectivity index (χ0n) is 9.03. The van der Waals surface area contributed by atoms with Crippen molar-refractivity contribution in [2.45, 2.75) is 26.3 Å². The van der Waals surface area contributed by atoms with Crippen molar-refractivity contribution in [2.24, 2.45) is 0 Å². The Labute approximate surface area is 88.1 Å². The van der Waals surface area contributed by atoms with Gasteiger partial charge in [-0.15, -0.1) is 0 Å². The largest absolute Gasteiger partial charge is 0.346 e. The highest BCUT2D eigenvalue weighted by Crippen LogP contribution is 1.80. The molecular weight excluding hydrogens is 194 g/mol. The molecule has 0 aromatic carbocycles. The molecule has 0 spiro atoms. The van der Waals surface area contributed by atoms with E-state index in [9.17, 15) is 9.59 Å². The highest BCUT2D eigenvalue weighted by Gasteiger charge is 1.96. The number of nitrogens with zero attached hydrogens (tertiary/aromatic N) is 1. The van der Waals surface area contributed by atoms with Crippen molar-refractivity contribution < 1.29 is 5.32 Å². The third-order valence-electron chi connectivity index (χ3n) is 2.20. The van der Waals surface area contributed by atoms with Crippen molar-refractivity contribution in [3.63, 3.8) is 0 Å². The van der Waals surface area contributed by atoms with Gasteiger partial charge in [-0.05, 0) is 6.42 Å². The second-order valence-electron chi connectivity index (χ2n) is 3.52. The zero-order valence-corrected chi connectivity index (χ0v) is 9.03. The number of aromatic amines is 1. The first-order chi connectivity index (χ1) is 7.24. The van der Waals surface area contributed by atoms with Crippen molar-refractivity contribution >= 4 is 0 Å². The van der Waals surface area contributed by atoms with Gasteiger partial charge >= 0.3 is 5.69 Å². The molecule has 1 aromatic rings. The molecule has 0 bridgehead atoms. The summed E-state index contributed by atoms with van der Waals surface area (Å²) in [5.74, 6) is 0. The van der Waals surface area contributed by atoms with E-state index in [0.29, 0.717) is 6.54 Å². The van der Waals surface area contributed by atoms with Crippen LogP contribution in [-0.2, 0) is 6.54 Å². The predicted octanol–water partition coefficient (Wildman–Crippen LogP) is -1.10. The van der Waals surface area contributed by atoms with E-state index in [2.05, 4.69) is 17.2 Å². The molecule has 1 rings (SSSR count). The van der Waals surface area contributed by atoms with Crippen LogP contribution in [0.4, 0.5) is 0 Å². The first-order valence-electron chi connectivity index (χ1n) is 5.35. The number of nitrogens with one attached hydrogen (secondary N) is 1. The predicted molar refractivity (Wildman–Crippen MR) is 57.9 cm³/mol. The van der Waals surface area contributed by atoms with E-state index in [4.69, 9.17) is 0 Å². The summed E-state index contributed by atoms with van der Waals surface area (Å²) in [6, 6.07) is 1.37. The summed E-state index contributed by atoms with van der Waals surface area (Å²) in [5, 5.41) is 2.23. The van der Waals surface area contributed by atoms with Crippen LogP contribution in [0.2, 0.25) is 0 Å². The van der Waals surface area contributed by atoms with Crippen molar-refractivity contribution in [3.05, 3.63) is 33.1 Å². The Hall–Kier alpha value is -1.36. The lowest BCUT2D eigenvalue weighted by molar-refractivity contribution is -0.655. The van der Waals surface area contributed by atoms with Gasteiger partial charge in [0.05, 0.1) is 13.1 Å². The zero-order chi connectivity index (χ0) is 11.1. The number of hydrogen-bond donors (Lipinski definition) is 2. The van der Waals surface area contributed by atoms with Crippen LogP contribution in [0.5, 0.6) is 0 Å². The molecule has 1 heterocycles. The molecule has 0 radical (unpaired) electrons. The lowest BCUT2D eigenvalue weighted by Crippen LogP contribution is -2.84. The Morgan fingerprint density at radius 3 is 2.87 bits per heavy atom. The van der Waals surface area contributed by atoms with Gasteiger partial charge in [-0.25, -0.2) is 4.79 Å². The average Bonchev–Trinajstić information content (AvgIpc) is 2.20. The molecule has 0 saturated heterocycles. The topological polar surface area (TPSA) is 71.5 Å². The van der Waals surface area contributed by atoms with Gasteiger partial charge in [0.1, 0.15) is 0 Å². The van der Waals surface area contributed by atoms with Gasteiger partial charge in [0.15, 0.2) is 0 Å². The molecule has 5 heteroatoms. The lowest BCUT2D eigenvalue weighted by atomic mass is 10.4. The molecule has 0 aliphatic heterocycles. The number of quaternary nitrogens is 1. The van der Waals surface area contributed by atoms with E-state index in [-0.39, 0.29) is 11.2 Å². The minimum atomic E-state index is -0.339. The quantitative estimate of drug-likeness (QED) is 0.588. The third kappa shape index (κ3) is 4.12. The summed E-state index contributed by atoms with van der Waals surface area (Å²) in [6.07, 6.45) is 3.64. The van der Waals surface area contributed by atoms with Crippen molar-refractivity contribution in [3.8, 4) is 0 Å². The van der Waals surface area contributed by atoms with Gasteiger partial charge in [0.25, 0.3) is 5.56 Å². The van der Waals surface area contributed by atoms with E-state index in [1.54, 1.807) is 6.20 Å². The Balaban J connectivity index is 2.38. The van der Waals surface area contributed by atoms with Crippen LogP contribution >= 0.6 is 0 Å². The summed E-state index contributed by atoms with van der Waals surface area (Å²) in [5.41, 5.74) is -0.660. The summed E-state index contributed by atoms with van der Waals surface area (Å²) >= 11 is 0. The maximum atomic E-state index is 11.3. The fraction of sp³-hybridized carbons (Fsp3) is 0.600. The van der Waals surface area contributed by atoms with E-state index < -0.39 is 0 Å². The molecule has 0 aliphatic carbocycles. The van der Waals surface area contributed by atoms with Crippen LogP contribution in [-0.4, -0.2) is 22.6 Å². The number of aromatic nitrogens is 2. The van der Waals surface area contributed by atoms with Gasteiger partial charge in [-0.3, -0.25) is 9.78 Å². The van der Waals surface area contributed by atoms with Crippen LogP contribution in [0.3, 0.4) is 0 Å². The SMILES string of the molecule is CCC[NH2+]CCCn1ccc(=O)[nH]c1=O. The van der Waals surface area contributed by atoms with Crippen LogP contribution in [0, 0.1) is 0 Å². The molecule has 0 aliphatic rings. The minimum absolute atomic E-state index is 0.321.